The number of rotatable bonds is 3. The van der Waals surface area contributed by atoms with Gasteiger partial charge >= 0.3 is 0 Å². The van der Waals surface area contributed by atoms with Gasteiger partial charge in [-0.25, -0.2) is 9.37 Å². The summed E-state index contributed by atoms with van der Waals surface area (Å²) in [6, 6.07) is 2.75. The first-order valence-corrected chi connectivity index (χ1v) is 7.72. The minimum atomic E-state index is -0.361. The van der Waals surface area contributed by atoms with Crippen LogP contribution in [0.25, 0.3) is 0 Å². The molecule has 1 heterocycles. The van der Waals surface area contributed by atoms with Gasteiger partial charge in [0, 0.05) is 9.35 Å². The number of hydrogen-bond donors (Lipinski definition) is 1. The largest absolute Gasteiger partial charge is 0.376 e. The molecule has 0 radical (unpaired) electrons. The Bertz CT molecular complexity index is 592. The molecule has 0 saturated carbocycles. The second-order valence-corrected chi connectivity index (χ2v) is 6.79. The van der Waals surface area contributed by atoms with Gasteiger partial charge in [-0.15, -0.1) is 11.3 Å². The molecule has 0 aliphatic heterocycles. The van der Waals surface area contributed by atoms with Gasteiger partial charge in [-0.1, -0.05) is 11.6 Å². The lowest BCUT2D eigenvalue weighted by Gasteiger charge is -2.17. The van der Waals surface area contributed by atoms with E-state index in [4.69, 9.17) is 11.6 Å². The number of thiazole rings is 1. The fourth-order valence-corrected chi connectivity index (χ4v) is 3.76. The van der Waals surface area contributed by atoms with Crippen LogP contribution in [0.3, 0.4) is 0 Å². The average molecular weight is 364 g/mol. The summed E-state index contributed by atoms with van der Waals surface area (Å²) in [6.45, 7) is 6.00. The molecule has 0 fully saturated rings. The second kappa shape index (κ2) is 5.77. The van der Waals surface area contributed by atoms with Crippen molar-refractivity contribution in [2.75, 3.05) is 5.32 Å². The minimum absolute atomic E-state index is 0.0606. The number of nitrogens with one attached hydrogen (secondary N) is 1. The molecular weight excluding hydrogens is 351 g/mol. The van der Waals surface area contributed by atoms with E-state index >= 15 is 0 Å². The van der Waals surface area contributed by atoms with Gasteiger partial charge in [0.1, 0.15) is 5.82 Å². The van der Waals surface area contributed by atoms with Gasteiger partial charge in [0.2, 0.25) is 0 Å². The molecule has 0 bridgehead atoms. The van der Waals surface area contributed by atoms with E-state index in [1.165, 1.54) is 12.1 Å². The Balaban J connectivity index is 2.29. The second-order valence-electron chi connectivity index (χ2n) is 4.29. The predicted octanol–water partition coefficient (Wildman–Crippen LogP) is 5.49. The van der Waals surface area contributed by atoms with Crippen LogP contribution in [0.15, 0.2) is 16.6 Å². The van der Waals surface area contributed by atoms with Crippen LogP contribution < -0.4 is 5.32 Å². The fraction of sp³-hybridized carbons (Fsp3) is 0.308. The van der Waals surface area contributed by atoms with Crippen molar-refractivity contribution in [2.24, 2.45) is 0 Å². The van der Waals surface area contributed by atoms with Gasteiger partial charge in [0.05, 0.1) is 27.5 Å². The van der Waals surface area contributed by atoms with Crippen LogP contribution in [0, 0.1) is 19.7 Å². The highest BCUT2D eigenvalue weighted by atomic mass is 79.9. The van der Waals surface area contributed by atoms with Gasteiger partial charge in [-0.3, -0.25) is 0 Å². The van der Waals surface area contributed by atoms with E-state index in [1.54, 1.807) is 11.3 Å². The Morgan fingerprint density at radius 1 is 1.42 bits per heavy atom. The number of aryl methyl sites for hydroxylation is 2. The van der Waals surface area contributed by atoms with E-state index < -0.39 is 0 Å². The third-order valence-electron chi connectivity index (χ3n) is 2.70. The van der Waals surface area contributed by atoms with E-state index in [2.05, 4.69) is 26.2 Å². The molecular formula is C13H13BrClFN2S. The number of aromatic nitrogens is 1. The Hall–Kier alpha value is -0.650. The maximum Gasteiger partial charge on any atom is 0.125 e. The molecule has 0 saturated heterocycles. The molecule has 2 aromatic rings. The van der Waals surface area contributed by atoms with E-state index in [0.29, 0.717) is 15.2 Å². The van der Waals surface area contributed by atoms with Gasteiger partial charge in [0.15, 0.2) is 0 Å². The van der Waals surface area contributed by atoms with Crippen molar-refractivity contribution in [1.82, 2.24) is 4.98 Å². The zero-order valence-electron chi connectivity index (χ0n) is 10.7. The Labute approximate surface area is 129 Å². The summed E-state index contributed by atoms with van der Waals surface area (Å²) in [5.74, 6) is -0.361. The van der Waals surface area contributed by atoms with Crippen molar-refractivity contribution in [3.8, 4) is 0 Å². The van der Waals surface area contributed by atoms with Gasteiger partial charge < -0.3 is 5.32 Å². The Morgan fingerprint density at radius 3 is 2.63 bits per heavy atom. The van der Waals surface area contributed by atoms with Crippen LogP contribution >= 0.6 is 38.9 Å². The Morgan fingerprint density at radius 2 is 2.11 bits per heavy atom. The van der Waals surface area contributed by atoms with E-state index in [1.807, 2.05) is 20.8 Å². The van der Waals surface area contributed by atoms with Crippen LogP contribution in [0.1, 0.15) is 28.5 Å². The lowest BCUT2D eigenvalue weighted by molar-refractivity contribution is 0.627. The standard InChI is InChI=1S/C13H13BrClFN2S/c1-6-13(19-8(3)17-6)7(2)18-12-10(14)4-9(16)5-11(12)15/h4-5,7,18H,1-3H3. The first-order chi connectivity index (χ1) is 8.88. The smallest absolute Gasteiger partial charge is 0.125 e. The fourth-order valence-electron chi connectivity index (χ4n) is 1.91. The zero-order valence-corrected chi connectivity index (χ0v) is 13.9. The topological polar surface area (TPSA) is 24.9 Å². The highest BCUT2D eigenvalue weighted by Crippen LogP contribution is 2.35. The monoisotopic (exact) mass is 362 g/mol. The molecule has 1 unspecified atom stereocenters. The summed E-state index contributed by atoms with van der Waals surface area (Å²) in [4.78, 5) is 5.56. The van der Waals surface area contributed by atoms with Crippen LogP contribution in [-0.4, -0.2) is 4.98 Å². The average Bonchev–Trinajstić information content (AvgIpc) is 2.62. The first-order valence-electron chi connectivity index (χ1n) is 5.73. The zero-order chi connectivity index (χ0) is 14.2. The summed E-state index contributed by atoms with van der Waals surface area (Å²) in [5, 5.41) is 4.69. The third kappa shape index (κ3) is 3.27. The predicted molar refractivity (Wildman–Crippen MR) is 82.7 cm³/mol. The molecule has 0 aliphatic carbocycles. The minimum Gasteiger partial charge on any atom is -0.376 e. The number of nitrogens with zero attached hydrogens (tertiary/aromatic N) is 1. The lowest BCUT2D eigenvalue weighted by Crippen LogP contribution is -2.07. The number of hydrogen-bond acceptors (Lipinski definition) is 3. The Kier molecular flexibility index (Phi) is 4.48. The molecule has 0 amide bonds. The van der Waals surface area contributed by atoms with Crippen LogP contribution in [-0.2, 0) is 0 Å². The summed E-state index contributed by atoms with van der Waals surface area (Å²) >= 11 is 11.0. The molecule has 1 aromatic carbocycles. The van der Waals surface area contributed by atoms with Gasteiger partial charge in [0.25, 0.3) is 0 Å². The van der Waals surface area contributed by atoms with E-state index in [-0.39, 0.29) is 11.9 Å². The summed E-state index contributed by atoms with van der Waals surface area (Å²) in [6.07, 6.45) is 0. The number of halogens is 3. The molecule has 0 spiro atoms. The molecule has 19 heavy (non-hydrogen) atoms. The third-order valence-corrected chi connectivity index (χ3v) is 4.88. The maximum absolute atomic E-state index is 13.2. The molecule has 2 nitrogen and oxygen atoms in total. The summed E-state index contributed by atoms with van der Waals surface area (Å²) in [5.41, 5.74) is 1.71. The number of anilines is 1. The SMILES string of the molecule is Cc1nc(C)c(C(C)Nc2c(Cl)cc(F)cc2Br)s1. The van der Waals surface area contributed by atoms with Crippen molar-refractivity contribution >= 4 is 44.6 Å². The van der Waals surface area contributed by atoms with Crippen molar-refractivity contribution < 1.29 is 4.39 Å². The molecule has 6 heteroatoms. The summed E-state index contributed by atoms with van der Waals surface area (Å²) in [7, 11) is 0. The van der Waals surface area contributed by atoms with Crippen LogP contribution in [0.2, 0.25) is 5.02 Å². The van der Waals surface area contributed by atoms with Crippen LogP contribution in [0.5, 0.6) is 0 Å². The summed E-state index contributed by atoms with van der Waals surface area (Å²) < 4.78 is 13.8. The maximum atomic E-state index is 13.2. The molecule has 1 N–H and O–H groups in total. The van der Waals surface area contributed by atoms with Crippen molar-refractivity contribution in [3.05, 3.63) is 43.0 Å². The molecule has 1 atom stereocenters. The highest BCUT2D eigenvalue weighted by molar-refractivity contribution is 9.10. The van der Waals surface area contributed by atoms with Crippen molar-refractivity contribution in [2.45, 2.75) is 26.8 Å². The number of benzene rings is 1. The molecule has 1 aromatic heterocycles. The van der Waals surface area contributed by atoms with Crippen molar-refractivity contribution in [1.29, 1.82) is 0 Å². The highest BCUT2D eigenvalue weighted by Gasteiger charge is 2.16. The molecule has 0 aliphatic rings. The molecule has 2 rings (SSSR count). The first kappa shape index (κ1) is 14.8. The normalized spacial score (nSPS) is 12.5. The van der Waals surface area contributed by atoms with Gasteiger partial charge in [-0.05, 0) is 48.8 Å². The van der Waals surface area contributed by atoms with Crippen LogP contribution in [0.4, 0.5) is 10.1 Å². The van der Waals surface area contributed by atoms with Gasteiger partial charge in [-0.2, -0.15) is 0 Å². The quantitative estimate of drug-likeness (QED) is 0.780. The van der Waals surface area contributed by atoms with E-state index in [0.717, 1.165) is 15.6 Å². The lowest BCUT2D eigenvalue weighted by atomic mass is 10.2. The molecule has 102 valence electrons. The van der Waals surface area contributed by atoms with Crippen molar-refractivity contribution in [3.63, 3.8) is 0 Å². The van der Waals surface area contributed by atoms with E-state index in [9.17, 15) is 4.39 Å².